The van der Waals surface area contributed by atoms with E-state index in [0.29, 0.717) is 6.04 Å². The molecule has 1 atom stereocenters. The Balaban J connectivity index is 1.95. The monoisotopic (exact) mass is 268 g/mol. The molecule has 2 rings (SSSR count). The molecule has 0 aromatic carbocycles. The highest BCUT2D eigenvalue weighted by molar-refractivity contribution is 7.09. The molecule has 1 aromatic rings. The number of hydrogen-bond donors (Lipinski definition) is 1. The van der Waals surface area contributed by atoms with Crippen molar-refractivity contribution in [1.29, 1.82) is 0 Å². The van der Waals surface area contributed by atoms with Gasteiger partial charge in [0.2, 0.25) is 0 Å². The number of piperidine rings is 1. The Hall–Kier alpha value is -0.940. The number of aryl methyl sites for hydroxylation is 1. The average molecular weight is 268 g/mol. The van der Waals surface area contributed by atoms with E-state index in [1.54, 1.807) is 11.3 Å². The van der Waals surface area contributed by atoms with Crippen molar-refractivity contribution < 1.29 is 9.90 Å². The van der Waals surface area contributed by atoms with Crippen LogP contribution < -0.4 is 0 Å². The summed E-state index contributed by atoms with van der Waals surface area (Å²) in [4.78, 5) is 18.7. The minimum atomic E-state index is -0.686. The maximum Gasteiger partial charge on any atom is 0.303 e. The van der Waals surface area contributed by atoms with Gasteiger partial charge in [0.05, 0.1) is 11.2 Å². The van der Waals surface area contributed by atoms with Gasteiger partial charge in [0.15, 0.2) is 0 Å². The average Bonchev–Trinajstić information content (AvgIpc) is 2.74. The van der Waals surface area contributed by atoms with Crippen molar-refractivity contribution in [2.75, 3.05) is 6.54 Å². The molecule has 0 spiro atoms. The smallest absolute Gasteiger partial charge is 0.303 e. The first-order valence-electron chi connectivity index (χ1n) is 6.51. The molecule has 1 fully saturated rings. The third-order valence-corrected chi connectivity index (χ3v) is 4.55. The zero-order valence-electron chi connectivity index (χ0n) is 10.8. The number of likely N-dealkylation sites (tertiary alicyclic amines) is 1. The molecule has 0 amide bonds. The predicted octanol–water partition coefficient (Wildman–Crippen LogP) is 2.67. The molecule has 2 heterocycles. The summed E-state index contributed by atoms with van der Waals surface area (Å²) in [6, 6.07) is 0.427. The van der Waals surface area contributed by atoms with Gasteiger partial charge in [-0.3, -0.25) is 9.69 Å². The first-order valence-corrected chi connectivity index (χ1v) is 7.39. The van der Waals surface area contributed by atoms with Crippen molar-refractivity contribution in [2.45, 2.75) is 51.6 Å². The molecule has 1 aliphatic rings. The lowest BCUT2D eigenvalue weighted by molar-refractivity contribution is -0.137. The number of nitrogens with zero attached hydrogens (tertiary/aromatic N) is 2. The summed E-state index contributed by atoms with van der Waals surface area (Å²) in [7, 11) is 0. The van der Waals surface area contributed by atoms with Crippen molar-refractivity contribution in [3.05, 3.63) is 16.1 Å². The molecule has 0 aliphatic carbocycles. The zero-order chi connectivity index (χ0) is 13.0. The molecule has 1 saturated heterocycles. The maximum absolute atomic E-state index is 10.7. The molecule has 0 radical (unpaired) electrons. The van der Waals surface area contributed by atoms with Crippen LogP contribution in [-0.4, -0.2) is 33.5 Å². The van der Waals surface area contributed by atoms with Crippen LogP contribution in [0, 0.1) is 6.92 Å². The summed E-state index contributed by atoms with van der Waals surface area (Å²) in [6.07, 6.45) is 4.63. The summed E-state index contributed by atoms with van der Waals surface area (Å²) < 4.78 is 0. The molecule has 100 valence electrons. The van der Waals surface area contributed by atoms with E-state index in [-0.39, 0.29) is 6.42 Å². The van der Waals surface area contributed by atoms with Crippen molar-refractivity contribution in [2.24, 2.45) is 0 Å². The quantitative estimate of drug-likeness (QED) is 0.892. The number of hydrogen-bond acceptors (Lipinski definition) is 4. The van der Waals surface area contributed by atoms with Gasteiger partial charge in [-0.25, -0.2) is 4.98 Å². The summed E-state index contributed by atoms with van der Waals surface area (Å²) in [5.41, 5.74) is 3.00. The van der Waals surface area contributed by atoms with Crippen LogP contribution in [0.5, 0.6) is 0 Å². The van der Waals surface area contributed by atoms with Gasteiger partial charge < -0.3 is 5.11 Å². The van der Waals surface area contributed by atoms with E-state index >= 15 is 0 Å². The highest BCUT2D eigenvalue weighted by Crippen LogP contribution is 2.25. The lowest BCUT2D eigenvalue weighted by Crippen LogP contribution is -2.39. The van der Waals surface area contributed by atoms with E-state index < -0.39 is 5.97 Å². The van der Waals surface area contributed by atoms with E-state index in [9.17, 15) is 4.79 Å². The lowest BCUT2D eigenvalue weighted by Gasteiger charge is -2.35. The van der Waals surface area contributed by atoms with Crippen LogP contribution in [-0.2, 0) is 11.3 Å². The van der Waals surface area contributed by atoms with Crippen molar-refractivity contribution in [1.82, 2.24) is 9.88 Å². The van der Waals surface area contributed by atoms with Gasteiger partial charge in [0, 0.05) is 23.9 Å². The van der Waals surface area contributed by atoms with Gasteiger partial charge in [-0.05, 0) is 32.7 Å². The number of carboxylic acids is 1. The fraction of sp³-hybridized carbons (Fsp3) is 0.692. The normalized spacial score (nSPS) is 21.1. The molecule has 5 heteroatoms. The van der Waals surface area contributed by atoms with E-state index in [4.69, 9.17) is 5.11 Å². The molecule has 18 heavy (non-hydrogen) atoms. The van der Waals surface area contributed by atoms with Gasteiger partial charge in [-0.15, -0.1) is 11.3 Å². The summed E-state index contributed by atoms with van der Waals surface area (Å²) in [5.74, 6) is -0.686. The standard InChI is InChI=1S/C13H20N2O2S/c1-10-12(18-9-14-10)8-15-7-3-2-4-11(15)5-6-13(16)17/h9,11H,2-8H2,1H3,(H,16,17). The number of thiazole rings is 1. The first-order chi connectivity index (χ1) is 8.66. The lowest BCUT2D eigenvalue weighted by atomic mass is 9.98. The Morgan fingerprint density at radius 1 is 1.61 bits per heavy atom. The Morgan fingerprint density at radius 2 is 2.44 bits per heavy atom. The van der Waals surface area contributed by atoms with Gasteiger partial charge in [0.1, 0.15) is 0 Å². The SMILES string of the molecule is Cc1ncsc1CN1CCCCC1CCC(=O)O. The van der Waals surface area contributed by atoms with Crippen LogP contribution in [0.3, 0.4) is 0 Å². The van der Waals surface area contributed by atoms with Crippen LogP contribution in [0.15, 0.2) is 5.51 Å². The Kier molecular flexibility index (Phi) is 4.72. The van der Waals surface area contributed by atoms with Crippen molar-refractivity contribution >= 4 is 17.3 Å². The summed E-state index contributed by atoms with van der Waals surface area (Å²) in [5, 5.41) is 8.80. The number of carboxylic acid groups (broad SMARTS) is 1. The fourth-order valence-corrected chi connectivity index (χ4v) is 3.35. The highest BCUT2D eigenvalue weighted by atomic mass is 32.1. The van der Waals surface area contributed by atoms with Crippen LogP contribution >= 0.6 is 11.3 Å². The fourth-order valence-electron chi connectivity index (χ4n) is 2.55. The number of rotatable bonds is 5. The summed E-state index contributed by atoms with van der Waals surface area (Å²) >= 11 is 1.70. The third kappa shape index (κ3) is 3.53. The molecule has 1 aromatic heterocycles. The Morgan fingerprint density at radius 3 is 3.11 bits per heavy atom. The van der Waals surface area contributed by atoms with Crippen LogP contribution in [0.4, 0.5) is 0 Å². The second-order valence-corrected chi connectivity index (χ2v) is 5.85. The molecule has 1 aliphatic heterocycles. The van der Waals surface area contributed by atoms with Crippen LogP contribution in [0.25, 0.3) is 0 Å². The van der Waals surface area contributed by atoms with Crippen molar-refractivity contribution in [3.63, 3.8) is 0 Å². The largest absolute Gasteiger partial charge is 0.481 e. The number of aromatic nitrogens is 1. The molecular weight excluding hydrogens is 248 g/mol. The minimum Gasteiger partial charge on any atom is -0.481 e. The minimum absolute atomic E-state index is 0.281. The molecular formula is C13H20N2O2S. The van der Waals surface area contributed by atoms with Gasteiger partial charge in [-0.1, -0.05) is 6.42 Å². The second-order valence-electron chi connectivity index (χ2n) is 4.91. The van der Waals surface area contributed by atoms with Gasteiger partial charge >= 0.3 is 5.97 Å². The predicted molar refractivity (Wildman–Crippen MR) is 71.8 cm³/mol. The zero-order valence-corrected chi connectivity index (χ0v) is 11.6. The second kappa shape index (κ2) is 6.29. The van der Waals surface area contributed by atoms with Gasteiger partial charge in [0.25, 0.3) is 0 Å². The molecule has 0 saturated carbocycles. The molecule has 4 nitrogen and oxygen atoms in total. The van der Waals surface area contributed by atoms with E-state index in [2.05, 4.69) is 9.88 Å². The van der Waals surface area contributed by atoms with E-state index in [1.165, 1.54) is 17.7 Å². The third-order valence-electron chi connectivity index (χ3n) is 3.63. The Bertz CT molecular complexity index is 405. The Labute approximate surface area is 112 Å². The summed E-state index contributed by atoms with van der Waals surface area (Å²) in [6.45, 7) is 4.06. The number of carbonyl (C=O) groups is 1. The highest BCUT2D eigenvalue weighted by Gasteiger charge is 2.23. The van der Waals surface area contributed by atoms with Crippen LogP contribution in [0.1, 0.15) is 42.7 Å². The van der Waals surface area contributed by atoms with E-state index in [1.807, 2.05) is 12.4 Å². The topological polar surface area (TPSA) is 53.4 Å². The van der Waals surface area contributed by atoms with Crippen LogP contribution in [0.2, 0.25) is 0 Å². The first kappa shape index (κ1) is 13.5. The van der Waals surface area contributed by atoms with Gasteiger partial charge in [-0.2, -0.15) is 0 Å². The molecule has 1 unspecified atom stereocenters. The number of aliphatic carboxylic acids is 1. The van der Waals surface area contributed by atoms with E-state index in [0.717, 1.165) is 31.6 Å². The van der Waals surface area contributed by atoms with Crippen molar-refractivity contribution in [3.8, 4) is 0 Å². The maximum atomic E-state index is 10.7. The molecule has 1 N–H and O–H groups in total. The molecule has 0 bridgehead atoms.